The Morgan fingerprint density at radius 1 is 1.15 bits per heavy atom. The standard InChI is InChI=1S/C25H29N3O5/c1-18(16-23(30)33-25(32)21-6-3-2-4-7-21)27-22(29)17-28-15-5-8-20(24(28)31)10-9-19-11-13-26-14-12-19/h2-4,6-7,11-14,18,20H,5,8-10,15-17H2,1H3,(H,27,29)/t18-,20+/m1/s1. The highest BCUT2D eigenvalue weighted by molar-refractivity contribution is 5.97. The van der Waals surface area contributed by atoms with Crippen molar-refractivity contribution in [3.05, 3.63) is 66.0 Å². The van der Waals surface area contributed by atoms with Gasteiger partial charge in [0.05, 0.1) is 18.5 Å². The molecule has 1 fully saturated rings. The van der Waals surface area contributed by atoms with Crippen molar-refractivity contribution in [2.75, 3.05) is 13.1 Å². The Labute approximate surface area is 193 Å². The first kappa shape index (κ1) is 24.1. The van der Waals surface area contributed by atoms with E-state index in [9.17, 15) is 19.2 Å². The van der Waals surface area contributed by atoms with Crippen molar-refractivity contribution in [1.29, 1.82) is 0 Å². The van der Waals surface area contributed by atoms with Crippen LogP contribution in [0, 0.1) is 5.92 Å². The average molecular weight is 452 g/mol. The maximum atomic E-state index is 12.8. The second-order valence-electron chi connectivity index (χ2n) is 8.29. The highest BCUT2D eigenvalue weighted by Crippen LogP contribution is 2.22. The number of nitrogens with zero attached hydrogens (tertiary/aromatic N) is 2. The molecule has 3 rings (SSSR count). The normalized spacial score (nSPS) is 16.7. The number of nitrogens with one attached hydrogen (secondary N) is 1. The molecular weight excluding hydrogens is 422 g/mol. The predicted octanol–water partition coefficient (Wildman–Crippen LogP) is 2.53. The molecule has 1 saturated heterocycles. The summed E-state index contributed by atoms with van der Waals surface area (Å²) in [6.07, 6.45) is 6.53. The first-order valence-corrected chi connectivity index (χ1v) is 11.2. The summed E-state index contributed by atoms with van der Waals surface area (Å²) in [6, 6.07) is 11.6. The molecule has 0 unspecified atom stereocenters. The van der Waals surface area contributed by atoms with E-state index in [1.54, 1.807) is 54.5 Å². The van der Waals surface area contributed by atoms with Crippen LogP contribution >= 0.6 is 0 Å². The lowest BCUT2D eigenvalue weighted by atomic mass is 9.91. The van der Waals surface area contributed by atoms with E-state index in [-0.39, 0.29) is 36.3 Å². The summed E-state index contributed by atoms with van der Waals surface area (Å²) < 4.78 is 4.84. The van der Waals surface area contributed by atoms with Gasteiger partial charge in [-0.25, -0.2) is 4.79 Å². The summed E-state index contributed by atoms with van der Waals surface area (Å²) >= 11 is 0. The highest BCUT2D eigenvalue weighted by atomic mass is 16.6. The van der Waals surface area contributed by atoms with E-state index >= 15 is 0 Å². The van der Waals surface area contributed by atoms with Gasteiger partial charge in [0.1, 0.15) is 0 Å². The lowest BCUT2D eigenvalue weighted by molar-refractivity contribution is -0.143. The number of rotatable bonds is 9. The molecule has 1 N–H and O–H groups in total. The maximum absolute atomic E-state index is 12.8. The third kappa shape index (κ3) is 7.52. The lowest BCUT2D eigenvalue weighted by Crippen LogP contribution is -2.48. The average Bonchev–Trinajstić information content (AvgIpc) is 2.80. The summed E-state index contributed by atoms with van der Waals surface area (Å²) in [5, 5.41) is 2.71. The smallest absolute Gasteiger partial charge is 0.345 e. The van der Waals surface area contributed by atoms with Crippen LogP contribution in [0.15, 0.2) is 54.9 Å². The number of pyridine rings is 1. The van der Waals surface area contributed by atoms with Gasteiger partial charge in [0.15, 0.2) is 0 Å². The number of hydrogen-bond donors (Lipinski definition) is 1. The Morgan fingerprint density at radius 3 is 2.61 bits per heavy atom. The summed E-state index contributed by atoms with van der Waals surface area (Å²) in [5.41, 5.74) is 1.42. The van der Waals surface area contributed by atoms with Crippen LogP contribution in [-0.4, -0.2) is 52.8 Å². The monoisotopic (exact) mass is 451 g/mol. The van der Waals surface area contributed by atoms with Crippen molar-refractivity contribution in [2.24, 2.45) is 5.92 Å². The van der Waals surface area contributed by atoms with Gasteiger partial charge in [-0.15, -0.1) is 0 Å². The first-order chi connectivity index (χ1) is 15.9. The Hall–Kier alpha value is -3.55. The van der Waals surface area contributed by atoms with Crippen molar-refractivity contribution in [3.63, 3.8) is 0 Å². The Kier molecular flexibility index (Phi) is 8.69. The minimum Gasteiger partial charge on any atom is -0.389 e. The van der Waals surface area contributed by atoms with Crippen LogP contribution in [0.5, 0.6) is 0 Å². The predicted molar refractivity (Wildman–Crippen MR) is 121 cm³/mol. The molecular formula is C25H29N3O5. The molecule has 1 aromatic carbocycles. The molecule has 8 heteroatoms. The van der Waals surface area contributed by atoms with E-state index in [2.05, 4.69) is 10.3 Å². The molecule has 0 spiro atoms. The molecule has 174 valence electrons. The van der Waals surface area contributed by atoms with Gasteiger partial charge in [-0.05, 0) is 62.4 Å². The zero-order valence-corrected chi connectivity index (χ0v) is 18.7. The number of ether oxygens (including phenoxy) is 1. The highest BCUT2D eigenvalue weighted by Gasteiger charge is 2.30. The SMILES string of the molecule is C[C@H](CC(=O)OC(=O)c1ccccc1)NC(=O)CN1CCC[C@@H](CCc2ccncc2)C1=O. The minimum atomic E-state index is -0.726. The topological polar surface area (TPSA) is 106 Å². The number of piperidine rings is 1. The molecule has 1 aliphatic rings. The Bertz CT molecular complexity index is 965. The number of benzene rings is 1. The van der Waals surface area contributed by atoms with Crippen LogP contribution in [0.1, 0.15) is 48.5 Å². The third-order valence-electron chi connectivity index (χ3n) is 5.60. The number of carbonyl (C=O) groups is 4. The maximum Gasteiger partial charge on any atom is 0.345 e. The molecule has 0 saturated carbocycles. The van der Waals surface area contributed by atoms with E-state index in [1.807, 2.05) is 12.1 Å². The van der Waals surface area contributed by atoms with Crippen molar-refractivity contribution in [2.45, 2.75) is 45.1 Å². The number of amides is 2. The molecule has 33 heavy (non-hydrogen) atoms. The summed E-state index contributed by atoms with van der Waals surface area (Å²) in [7, 11) is 0. The van der Waals surface area contributed by atoms with Gasteiger partial charge >= 0.3 is 11.9 Å². The number of likely N-dealkylation sites (tertiary alicyclic amines) is 1. The molecule has 2 atom stereocenters. The molecule has 2 aromatic rings. The largest absolute Gasteiger partial charge is 0.389 e. The van der Waals surface area contributed by atoms with Gasteiger partial charge in [0, 0.05) is 30.9 Å². The first-order valence-electron chi connectivity index (χ1n) is 11.2. The third-order valence-corrected chi connectivity index (χ3v) is 5.60. The van der Waals surface area contributed by atoms with Crippen molar-refractivity contribution >= 4 is 23.8 Å². The number of carbonyl (C=O) groups excluding carboxylic acids is 4. The van der Waals surface area contributed by atoms with Gasteiger partial charge in [-0.2, -0.15) is 0 Å². The van der Waals surface area contributed by atoms with Gasteiger partial charge in [-0.3, -0.25) is 19.4 Å². The van der Waals surface area contributed by atoms with Crippen LogP contribution in [0.4, 0.5) is 0 Å². The molecule has 1 aliphatic heterocycles. The molecule has 1 aromatic heterocycles. The molecule has 0 radical (unpaired) electrons. The fraction of sp³-hybridized carbons (Fsp3) is 0.400. The fourth-order valence-electron chi connectivity index (χ4n) is 3.91. The zero-order chi connectivity index (χ0) is 23.6. The van der Waals surface area contributed by atoms with Crippen LogP contribution < -0.4 is 5.32 Å². The summed E-state index contributed by atoms with van der Waals surface area (Å²) in [5.74, 6) is -1.90. The van der Waals surface area contributed by atoms with Gasteiger partial charge < -0.3 is 15.0 Å². The van der Waals surface area contributed by atoms with Crippen molar-refractivity contribution in [1.82, 2.24) is 15.2 Å². The molecule has 0 bridgehead atoms. The second kappa shape index (κ2) is 11.9. The molecule has 8 nitrogen and oxygen atoms in total. The summed E-state index contributed by atoms with van der Waals surface area (Å²) in [4.78, 5) is 54.8. The molecule has 2 amide bonds. The number of esters is 2. The van der Waals surface area contributed by atoms with Crippen LogP contribution in [0.25, 0.3) is 0 Å². The van der Waals surface area contributed by atoms with Gasteiger partial charge in [-0.1, -0.05) is 18.2 Å². The van der Waals surface area contributed by atoms with Gasteiger partial charge in [0.2, 0.25) is 11.8 Å². The molecule has 0 aliphatic carbocycles. The molecule has 2 heterocycles. The summed E-state index contributed by atoms with van der Waals surface area (Å²) in [6.45, 7) is 2.15. The zero-order valence-electron chi connectivity index (χ0n) is 18.7. The van der Waals surface area contributed by atoms with E-state index in [4.69, 9.17) is 4.74 Å². The minimum absolute atomic E-state index is 0.00835. The van der Waals surface area contributed by atoms with Crippen molar-refractivity contribution in [3.8, 4) is 0 Å². The lowest BCUT2D eigenvalue weighted by Gasteiger charge is -2.32. The number of aryl methyl sites for hydroxylation is 1. The van der Waals surface area contributed by atoms with E-state index < -0.39 is 18.0 Å². The quantitative estimate of drug-likeness (QED) is 0.464. The fourth-order valence-corrected chi connectivity index (χ4v) is 3.91. The number of aromatic nitrogens is 1. The van der Waals surface area contributed by atoms with E-state index in [1.165, 1.54) is 0 Å². The van der Waals surface area contributed by atoms with E-state index in [0.717, 1.165) is 31.2 Å². The van der Waals surface area contributed by atoms with E-state index in [0.29, 0.717) is 6.54 Å². The van der Waals surface area contributed by atoms with Crippen LogP contribution in [0.2, 0.25) is 0 Å². The van der Waals surface area contributed by atoms with Crippen LogP contribution in [-0.2, 0) is 25.5 Å². The van der Waals surface area contributed by atoms with Crippen molar-refractivity contribution < 1.29 is 23.9 Å². The second-order valence-corrected chi connectivity index (χ2v) is 8.29. The number of hydrogen-bond acceptors (Lipinski definition) is 6. The van der Waals surface area contributed by atoms with Crippen LogP contribution in [0.3, 0.4) is 0 Å². The Morgan fingerprint density at radius 2 is 1.88 bits per heavy atom. The Balaban J connectivity index is 1.41. The van der Waals surface area contributed by atoms with Gasteiger partial charge in [0.25, 0.3) is 0 Å².